The fourth-order valence-corrected chi connectivity index (χ4v) is 2.01. The molecule has 0 saturated carbocycles. The van der Waals surface area contributed by atoms with Crippen molar-refractivity contribution in [1.82, 2.24) is 10.0 Å². The number of carbonyl (C=O) groups is 1. The minimum Gasteiger partial charge on any atom is -0.311 e. The van der Waals surface area contributed by atoms with Crippen molar-refractivity contribution in [1.29, 1.82) is 0 Å². The largest absolute Gasteiger partial charge is 0.311 e. The van der Waals surface area contributed by atoms with Gasteiger partial charge in [0.25, 0.3) is 0 Å². The van der Waals surface area contributed by atoms with Crippen LogP contribution in [0.25, 0.3) is 0 Å². The first-order valence-electron chi connectivity index (χ1n) is 5.58. The molecule has 1 atom stereocenters. The summed E-state index contributed by atoms with van der Waals surface area (Å²) in [5.74, 6) is 0.233. The highest BCUT2D eigenvalue weighted by Gasteiger charge is 2.10. The van der Waals surface area contributed by atoms with E-state index in [0.29, 0.717) is 6.54 Å². The number of carbonyl (C=O) groups excluding carboxylic acids is 1. The van der Waals surface area contributed by atoms with Crippen molar-refractivity contribution in [3.05, 3.63) is 0 Å². The van der Waals surface area contributed by atoms with Crippen LogP contribution in [0.1, 0.15) is 48.0 Å². The van der Waals surface area contributed by atoms with E-state index in [1.54, 1.807) is 20.9 Å². The molecule has 5 nitrogen and oxygen atoms in total. The van der Waals surface area contributed by atoms with Crippen molar-refractivity contribution < 1.29 is 13.2 Å². The first-order valence-corrected chi connectivity index (χ1v) is 7.23. The zero-order chi connectivity index (χ0) is 12.6. The molecule has 0 aromatic heterocycles. The molecule has 112 valence electrons. The Morgan fingerprint density at radius 1 is 1.22 bits per heavy atom. The van der Waals surface area contributed by atoms with Gasteiger partial charge < -0.3 is 5.32 Å². The van der Waals surface area contributed by atoms with Crippen LogP contribution in [-0.4, -0.2) is 39.6 Å². The van der Waals surface area contributed by atoms with Gasteiger partial charge in [0.15, 0.2) is 0 Å². The Kier molecular flexibility index (Phi) is 14.7. The van der Waals surface area contributed by atoms with Crippen molar-refractivity contribution in [3.63, 3.8) is 0 Å². The van der Waals surface area contributed by atoms with Crippen LogP contribution in [-0.2, 0) is 14.8 Å². The molecular formula is C12H30N2O3S. The Balaban J connectivity index is -0.00000112. The van der Waals surface area contributed by atoms with E-state index in [4.69, 9.17) is 0 Å². The van der Waals surface area contributed by atoms with E-state index in [9.17, 15) is 13.2 Å². The third-order valence-electron chi connectivity index (χ3n) is 2.46. The lowest BCUT2D eigenvalue weighted by molar-refractivity contribution is -0.119. The van der Waals surface area contributed by atoms with Gasteiger partial charge in [-0.25, -0.2) is 13.1 Å². The molecule has 0 aliphatic heterocycles. The molecule has 0 rings (SSSR count). The standard InChI is InChI=1S/C10H22N2O3S.2CH4/c1-4-16(14,15)12-8-6-5-7-10(11-3)9(2)13;;/h10-12H,4-8H2,1-3H3;2*1H4/t10-;;/m0../s1. The molecule has 0 aromatic carbocycles. The highest BCUT2D eigenvalue weighted by Crippen LogP contribution is 2.01. The van der Waals surface area contributed by atoms with Crippen LogP contribution < -0.4 is 10.0 Å². The maximum Gasteiger partial charge on any atom is 0.211 e. The molecule has 0 unspecified atom stereocenters. The molecule has 6 heteroatoms. The van der Waals surface area contributed by atoms with Crippen molar-refractivity contribution in [2.24, 2.45) is 0 Å². The summed E-state index contributed by atoms with van der Waals surface area (Å²) in [5.41, 5.74) is 0. The lowest BCUT2D eigenvalue weighted by atomic mass is 10.1. The summed E-state index contributed by atoms with van der Waals surface area (Å²) >= 11 is 0. The second-order valence-corrected chi connectivity index (χ2v) is 5.84. The third kappa shape index (κ3) is 10.7. The number of hydrogen-bond acceptors (Lipinski definition) is 4. The zero-order valence-electron chi connectivity index (χ0n) is 10.2. The maximum atomic E-state index is 11.1. The van der Waals surface area contributed by atoms with Gasteiger partial charge >= 0.3 is 0 Å². The molecular weight excluding hydrogens is 252 g/mol. The number of Topliss-reactive ketones (excluding diaryl/α,β-unsaturated/α-hetero) is 1. The van der Waals surface area contributed by atoms with Crippen LogP contribution in [0.3, 0.4) is 0 Å². The van der Waals surface area contributed by atoms with Crippen molar-refractivity contribution in [3.8, 4) is 0 Å². The first-order chi connectivity index (χ1) is 7.43. The number of unbranched alkanes of at least 4 members (excludes halogenated alkanes) is 1. The third-order valence-corrected chi connectivity index (χ3v) is 3.86. The minimum absolute atomic E-state index is 0. The Morgan fingerprint density at radius 3 is 2.17 bits per heavy atom. The molecule has 2 N–H and O–H groups in total. The van der Waals surface area contributed by atoms with Gasteiger partial charge in [-0.15, -0.1) is 0 Å². The molecule has 0 saturated heterocycles. The number of likely N-dealkylation sites (N-methyl/N-ethyl adjacent to an activating group) is 1. The average molecular weight is 282 g/mol. The van der Waals surface area contributed by atoms with E-state index in [0.717, 1.165) is 19.3 Å². The summed E-state index contributed by atoms with van der Waals surface area (Å²) < 4.78 is 24.7. The van der Waals surface area contributed by atoms with E-state index in [-0.39, 0.29) is 32.4 Å². The normalized spacial score (nSPS) is 12.2. The molecule has 0 aliphatic rings. The Morgan fingerprint density at radius 2 is 1.78 bits per heavy atom. The fourth-order valence-electron chi connectivity index (χ4n) is 1.35. The minimum atomic E-state index is -3.07. The molecule has 0 radical (unpaired) electrons. The second kappa shape index (κ2) is 11.6. The summed E-state index contributed by atoms with van der Waals surface area (Å²) in [6, 6.07) is -0.109. The van der Waals surface area contributed by atoms with Gasteiger partial charge in [-0.1, -0.05) is 21.3 Å². The molecule has 0 amide bonds. The highest BCUT2D eigenvalue weighted by atomic mass is 32.2. The van der Waals surface area contributed by atoms with E-state index in [1.165, 1.54) is 0 Å². The molecule has 0 spiro atoms. The van der Waals surface area contributed by atoms with Gasteiger partial charge in [-0.2, -0.15) is 0 Å². The van der Waals surface area contributed by atoms with Crippen LogP contribution in [0.5, 0.6) is 0 Å². The first kappa shape index (κ1) is 22.7. The van der Waals surface area contributed by atoms with Gasteiger partial charge in [0.2, 0.25) is 10.0 Å². The smallest absolute Gasteiger partial charge is 0.211 e. The van der Waals surface area contributed by atoms with Crippen LogP contribution in [0.2, 0.25) is 0 Å². The van der Waals surface area contributed by atoms with Gasteiger partial charge in [0.1, 0.15) is 5.78 Å². The molecule has 0 bridgehead atoms. The van der Waals surface area contributed by atoms with Gasteiger partial charge in [-0.3, -0.25) is 4.79 Å². The van der Waals surface area contributed by atoms with Crippen LogP contribution in [0, 0.1) is 0 Å². The lowest BCUT2D eigenvalue weighted by Gasteiger charge is -2.12. The summed E-state index contributed by atoms with van der Waals surface area (Å²) in [5, 5.41) is 2.93. The van der Waals surface area contributed by atoms with Gasteiger partial charge in [-0.05, 0) is 33.7 Å². The zero-order valence-corrected chi connectivity index (χ0v) is 11.1. The summed E-state index contributed by atoms with van der Waals surface area (Å²) in [6.07, 6.45) is 2.34. The Bertz CT molecular complexity index is 302. The van der Waals surface area contributed by atoms with Crippen LogP contribution >= 0.6 is 0 Å². The number of hydrogen-bond donors (Lipinski definition) is 2. The van der Waals surface area contributed by atoms with E-state index < -0.39 is 10.0 Å². The number of rotatable bonds is 9. The lowest BCUT2D eigenvalue weighted by Crippen LogP contribution is -2.32. The van der Waals surface area contributed by atoms with Crippen molar-refractivity contribution in [2.45, 2.75) is 54.0 Å². The fraction of sp³-hybridized carbons (Fsp3) is 0.917. The SMILES string of the molecule is C.C.CCS(=O)(=O)NCCCC[C@H](NC)C(C)=O. The molecule has 0 aliphatic carbocycles. The Hall–Kier alpha value is -0.460. The molecule has 0 aromatic rings. The average Bonchev–Trinajstić information content (AvgIpc) is 2.22. The molecule has 0 fully saturated rings. The monoisotopic (exact) mass is 282 g/mol. The van der Waals surface area contributed by atoms with Crippen molar-refractivity contribution in [2.75, 3.05) is 19.3 Å². The molecule has 0 heterocycles. The number of sulfonamides is 1. The molecule has 18 heavy (non-hydrogen) atoms. The van der Waals surface area contributed by atoms with Gasteiger partial charge in [0.05, 0.1) is 11.8 Å². The van der Waals surface area contributed by atoms with Crippen molar-refractivity contribution >= 4 is 15.8 Å². The summed E-state index contributed by atoms with van der Waals surface area (Å²) in [6.45, 7) is 3.61. The van der Waals surface area contributed by atoms with E-state index >= 15 is 0 Å². The predicted octanol–water partition coefficient (Wildman–Crippen LogP) is 1.55. The van der Waals surface area contributed by atoms with E-state index in [1.807, 2.05) is 0 Å². The highest BCUT2D eigenvalue weighted by molar-refractivity contribution is 7.89. The van der Waals surface area contributed by atoms with Crippen LogP contribution in [0.15, 0.2) is 0 Å². The quantitative estimate of drug-likeness (QED) is 0.629. The van der Waals surface area contributed by atoms with Crippen LogP contribution in [0.4, 0.5) is 0 Å². The number of ketones is 1. The topological polar surface area (TPSA) is 75.3 Å². The Labute approximate surface area is 113 Å². The summed E-state index contributed by atoms with van der Waals surface area (Å²) in [7, 11) is -1.32. The predicted molar refractivity (Wildman–Crippen MR) is 78.3 cm³/mol. The van der Waals surface area contributed by atoms with E-state index in [2.05, 4.69) is 10.0 Å². The number of nitrogens with one attached hydrogen (secondary N) is 2. The second-order valence-electron chi connectivity index (χ2n) is 3.75. The summed E-state index contributed by atoms with van der Waals surface area (Å²) in [4.78, 5) is 11.1. The maximum absolute atomic E-state index is 11.1. The van der Waals surface area contributed by atoms with Gasteiger partial charge in [0, 0.05) is 6.54 Å².